The van der Waals surface area contributed by atoms with E-state index in [9.17, 15) is 0 Å². The molecule has 0 saturated heterocycles. The molecule has 2 aromatic rings. The molecule has 2 unspecified atom stereocenters. The molecule has 0 aliphatic heterocycles. The number of fused-ring (bicyclic) bond motifs is 1. The van der Waals surface area contributed by atoms with Crippen LogP contribution in [0.4, 0.5) is 5.82 Å². The van der Waals surface area contributed by atoms with Gasteiger partial charge in [-0.2, -0.15) is 0 Å². The number of nitrogens with one attached hydrogen (secondary N) is 1. The third-order valence-electron chi connectivity index (χ3n) is 3.74. The van der Waals surface area contributed by atoms with Crippen LogP contribution in [0.3, 0.4) is 0 Å². The quantitative estimate of drug-likeness (QED) is 0.882. The maximum Gasteiger partial charge on any atom is 0.203 e. The Morgan fingerprint density at radius 1 is 1.22 bits per heavy atom. The topological polar surface area (TPSA) is 55.1 Å². The molecule has 18 heavy (non-hydrogen) atoms. The Bertz CT molecular complexity index is 525. The van der Waals surface area contributed by atoms with Gasteiger partial charge in [0.1, 0.15) is 6.33 Å². The van der Waals surface area contributed by atoms with Crippen LogP contribution in [0.2, 0.25) is 0 Å². The smallest absolute Gasteiger partial charge is 0.203 e. The molecular weight excluding hydrogens is 226 g/mol. The lowest BCUT2D eigenvalue weighted by molar-refractivity contribution is 0.280. The van der Waals surface area contributed by atoms with Crippen LogP contribution in [0, 0.1) is 11.8 Å². The number of aromatic nitrogens is 4. The van der Waals surface area contributed by atoms with Crippen LogP contribution in [-0.4, -0.2) is 25.6 Å². The molecule has 96 valence electrons. The molecule has 0 radical (unpaired) electrons. The Morgan fingerprint density at radius 3 is 2.78 bits per heavy atom. The Kier molecular flexibility index (Phi) is 2.89. The van der Waals surface area contributed by atoms with Crippen molar-refractivity contribution >= 4 is 11.5 Å². The Morgan fingerprint density at radius 2 is 2.00 bits per heavy atom. The molecule has 1 aliphatic carbocycles. The first-order valence-corrected chi connectivity index (χ1v) is 6.63. The molecule has 1 saturated carbocycles. The average molecular weight is 245 g/mol. The first-order chi connectivity index (χ1) is 8.72. The molecule has 3 rings (SSSR count). The third-order valence-corrected chi connectivity index (χ3v) is 3.74. The zero-order chi connectivity index (χ0) is 12.5. The predicted molar refractivity (Wildman–Crippen MR) is 70.4 cm³/mol. The lowest BCUT2D eigenvalue weighted by atomic mass is 9.80. The maximum absolute atomic E-state index is 4.39. The van der Waals surface area contributed by atoms with Crippen LogP contribution in [-0.2, 0) is 0 Å². The second kappa shape index (κ2) is 4.55. The third kappa shape index (κ3) is 2.17. The van der Waals surface area contributed by atoms with E-state index in [2.05, 4.69) is 34.3 Å². The Labute approximate surface area is 107 Å². The fourth-order valence-corrected chi connectivity index (χ4v) is 3.12. The van der Waals surface area contributed by atoms with Crippen LogP contribution < -0.4 is 5.32 Å². The summed E-state index contributed by atoms with van der Waals surface area (Å²) in [5, 5.41) is 11.6. The van der Waals surface area contributed by atoms with Crippen molar-refractivity contribution in [1.29, 1.82) is 0 Å². The van der Waals surface area contributed by atoms with E-state index >= 15 is 0 Å². The van der Waals surface area contributed by atoms with E-state index in [-0.39, 0.29) is 0 Å². The molecule has 2 heterocycles. The lowest BCUT2D eigenvalue weighted by Crippen LogP contribution is -2.30. The van der Waals surface area contributed by atoms with Crippen LogP contribution in [0.15, 0.2) is 18.7 Å². The summed E-state index contributed by atoms with van der Waals surface area (Å²) in [6.07, 6.45) is 9.11. The molecular formula is C13H19N5. The number of anilines is 1. The molecule has 1 N–H and O–H groups in total. The molecule has 2 aromatic heterocycles. The SMILES string of the molecule is CC1CC(C)CC(Nc2nccn3cnnc23)C1. The van der Waals surface area contributed by atoms with Gasteiger partial charge in [-0.15, -0.1) is 10.2 Å². The summed E-state index contributed by atoms with van der Waals surface area (Å²) in [5.41, 5.74) is 0.809. The second-order valence-electron chi connectivity index (χ2n) is 5.60. The van der Waals surface area contributed by atoms with Crippen molar-refractivity contribution in [2.75, 3.05) is 5.32 Å². The van der Waals surface area contributed by atoms with Crippen molar-refractivity contribution in [3.05, 3.63) is 18.7 Å². The molecule has 1 aliphatic rings. The average Bonchev–Trinajstić information content (AvgIpc) is 2.76. The van der Waals surface area contributed by atoms with Crippen molar-refractivity contribution in [3.63, 3.8) is 0 Å². The maximum atomic E-state index is 4.39. The summed E-state index contributed by atoms with van der Waals surface area (Å²) >= 11 is 0. The van der Waals surface area contributed by atoms with E-state index < -0.39 is 0 Å². The van der Waals surface area contributed by atoms with Gasteiger partial charge in [0.15, 0.2) is 5.82 Å². The van der Waals surface area contributed by atoms with Crippen molar-refractivity contribution < 1.29 is 0 Å². The van der Waals surface area contributed by atoms with Gasteiger partial charge < -0.3 is 5.32 Å². The molecule has 0 aromatic carbocycles. The van der Waals surface area contributed by atoms with Crippen LogP contribution >= 0.6 is 0 Å². The lowest BCUT2D eigenvalue weighted by Gasteiger charge is -2.32. The zero-order valence-electron chi connectivity index (χ0n) is 10.9. The highest BCUT2D eigenvalue weighted by molar-refractivity contribution is 5.61. The van der Waals surface area contributed by atoms with Gasteiger partial charge >= 0.3 is 0 Å². The van der Waals surface area contributed by atoms with E-state index in [0.29, 0.717) is 6.04 Å². The second-order valence-corrected chi connectivity index (χ2v) is 5.60. The van der Waals surface area contributed by atoms with Crippen molar-refractivity contribution in [3.8, 4) is 0 Å². The van der Waals surface area contributed by atoms with Crippen molar-refractivity contribution in [2.45, 2.75) is 39.2 Å². The number of nitrogens with zero attached hydrogens (tertiary/aromatic N) is 4. The van der Waals surface area contributed by atoms with E-state index in [1.807, 2.05) is 10.6 Å². The minimum Gasteiger partial charge on any atom is -0.364 e. The number of rotatable bonds is 2. The van der Waals surface area contributed by atoms with Gasteiger partial charge in [0.05, 0.1) is 0 Å². The van der Waals surface area contributed by atoms with Gasteiger partial charge in [-0.25, -0.2) is 4.98 Å². The van der Waals surface area contributed by atoms with Crippen molar-refractivity contribution in [2.24, 2.45) is 11.8 Å². The van der Waals surface area contributed by atoms with E-state index in [4.69, 9.17) is 0 Å². The first-order valence-electron chi connectivity index (χ1n) is 6.63. The molecule has 0 bridgehead atoms. The van der Waals surface area contributed by atoms with Crippen LogP contribution in [0.25, 0.3) is 5.65 Å². The highest BCUT2D eigenvalue weighted by Gasteiger charge is 2.24. The Balaban J connectivity index is 1.81. The van der Waals surface area contributed by atoms with Crippen LogP contribution in [0.5, 0.6) is 0 Å². The summed E-state index contributed by atoms with van der Waals surface area (Å²) < 4.78 is 1.89. The van der Waals surface area contributed by atoms with Gasteiger partial charge in [-0.1, -0.05) is 13.8 Å². The summed E-state index contributed by atoms with van der Waals surface area (Å²) in [6.45, 7) is 4.66. The summed E-state index contributed by atoms with van der Waals surface area (Å²) in [6, 6.07) is 0.499. The van der Waals surface area contributed by atoms with Gasteiger partial charge in [-0.3, -0.25) is 4.40 Å². The molecule has 5 heteroatoms. The van der Waals surface area contributed by atoms with E-state index in [1.165, 1.54) is 19.3 Å². The predicted octanol–water partition coefficient (Wildman–Crippen LogP) is 2.36. The number of hydrogen-bond acceptors (Lipinski definition) is 4. The molecule has 2 atom stereocenters. The first kappa shape index (κ1) is 11.4. The van der Waals surface area contributed by atoms with Gasteiger partial charge in [0.2, 0.25) is 5.65 Å². The van der Waals surface area contributed by atoms with Gasteiger partial charge in [0.25, 0.3) is 0 Å². The zero-order valence-corrected chi connectivity index (χ0v) is 10.9. The van der Waals surface area contributed by atoms with E-state index in [0.717, 1.165) is 23.3 Å². The highest BCUT2D eigenvalue weighted by Crippen LogP contribution is 2.30. The Hall–Kier alpha value is -1.65. The number of hydrogen-bond donors (Lipinski definition) is 1. The molecule has 0 amide bonds. The summed E-state index contributed by atoms with van der Waals surface area (Å²) in [4.78, 5) is 4.39. The monoisotopic (exact) mass is 245 g/mol. The highest BCUT2D eigenvalue weighted by atomic mass is 15.2. The summed E-state index contributed by atoms with van der Waals surface area (Å²) in [7, 11) is 0. The van der Waals surface area contributed by atoms with Gasteiger partial charge in [0, 0.05) is 18.4 Å². The molecule has 5 nitrogen and oxygen atoms in total. The van der Waals surface area contributed by atoms with Crippen molar-refractivity contribution in [1.82, 2.24) is 19.6 Å². The normalized spacial score (nSPS) is 28.4. The fourth-order valence-electron chi connectivity index (χ4n) is 3.12. The minimum atomic E-state index is 0.499. The van der Waals surface area contributed by atoms with Gasteiger partial charge in [-0.05, 0) is 31.1 Å². The van der Waals surface area contributed by atoms with E-state index in [1.54, 1.807) is 12.5 Å². The molecule has 1 fully saturated rings. The summed E-state index contributed by atoms with van der Waals surface area (Å²) in [5.74, 6) is 2.41. The standard InChI is InChI=1S/C13H19N5/c1-9-5-10(2)7-11(6-9)16-12-13-17-15-8-18(13)4-3-14-12/h3-4,8-11H,5-7H2,1-2H3,(H,14,16). The fraction of sp³-hybridized carbons (Fsp3) is 0.615. The largest absolute Gasteiger partial charge is 0.364 e. The molecule has 0 spiro atoms. The van der Waals surface area contributed by atoms with Crippen LogP contribution in [0.1, 0.15) is 33.1 Å². The minimum absolute atomic E-state index is 0.499.